The third-order valence-electron chi connectivity index (χ3n) is 11.9. The lowest BCUT2D eigenvalue weighted by molar-refractivity contribution is -0.118. The van der Waals surface area contributed by atoms with E-state index in [0.29, 0.717) is 11.7 Å². The van der Waals surface area contributed by atoms with Gasteiger partial charge >= 0.3 is 0 Å². The van der Waals surface area contributed by atoms with Crippen LogP contribution in [-0.4, -0.2) is 73.6 Å². The zero-order valence-corrected chi connectivity index (χ0v) is 49.6. The van der Waals surface area contributed by atoms with Gasteiger partial charge in [0.1, 0.15) is 40.0 Å². The minimum Gasteiger partial charge on any atom is -0.384 e. The molecule has 4 aromatic rings. The number of nitrogens with two attached hydrogens (primary N) is 1. The summed E-state index contributed by atoms with van der Waals surface area (Å²) < 4.78 is 6.29. The van der Waals surface area contributed by atoms with Gasteiger partial charge in [0.2, 0.25) is 5.90 Å². The van der Waals surface area contributed by atoms with Gasteiger partial charge in [-0.05, 0) is 74.7 Å². The van der Waals surface area contributed by atoms with Crippen molar-refractivity contribution in [2.45, 2.75) is 212 Å². The Morgan fingerprint density at radius 2 is 1.30 bits per heavy atom. The SMILES string of the molecule is C=C1NC(=O)C(C(C)(C)C)=CN1C.CC(C)(C)C1C(=N)ON=C1N.CC(C)(C)c1nc2c(c(=O)[nH]1)CCCC2.CC(C)(C)c1nc2n(n1)CCCC2.Cc1cc(=O)[nH]c(C(C)(C)C)n1.Cc1nc(C(C)(C)C)ns1. The van der Waals surface area contributed by atoms with Crippen LogP contribution in [0.4, 0.5) is 0 Å². The fourth-order valence-electron chi connectivity index (χ4n) is 7.43. The second-order valence-corrected chi connectivity index (χ2v) is 26.5. The highest BCUT2D eigenvalue weighted by Gasteiger charge is 2.38. The van der Waals surface area contributed by atoms with Crippen LogP contribution in [0.1, 0.15) is 201 Å². The lowest BCUT2D eigenvalue weighted by Gasteiger charge is -2.31. The Labute approximate surface area is 445 Å². The Balaban J connectivity index is 0.000000235. The molecular formula is C55H90N14O4S. The van der Waals surface area contributed by atoms with Gasteiger partial charge in [-0.25, -0.2) is 24.6 Å². The smallest absolute Gasteiger partial charge is 0.254 e. The maximum absolute atomic E-state index is 11.8. The molecule has 1 unspecified atom stereocenters. The Kier molecular flexibility index (Phi) is 20.8. The molecule has 3 aliphatic heterocycles. The maximum atomic E-state index is 11.8. The van der Waals surface area contributed by atoms with Gasteiger partial charge in [0.25, 0.3) is 17.0 Å². The molecule has 0 fully saturated rings. The fourth-order valence-corrected chi connectivity index (χ4v) is 8.09. The fraction of sp³-hybridized carbons (Fsp3) is 0.655. The topological polar surface area (TPSA) is 252 Å². The molecule has 0 spiro atoms. The molecule has 0 radical (unpaired) electrons. The van der Waals surface area contributed by atoms with Crippen LogP contribution in [0.2, 0.25) is 0 Å². The molecule has 4 aliphatic rings. The van der Waals surface area contributed by atoms with Crippen LogP contribution in [0.15, 0.2) is 45.0 Å². The van der Waals surface area contributed by atoms with E-state index < -0.39 is 0 Å². The quantitative estimate of drug-likeness (QED) is 0.110. The number of aryl methyl sites for hydroxylation is 5. The largest absolute Gasteiger partial charge is 0.384 e. The highest BCUT2D eigenvalue weighted by molar-refractivity contribution is 7.05. The molecule has 8 rings (SSSR count). The summed E-state index contributed by atoms with van der Waals surface area (Å²) in [5.41, 5.74) is 8.83. The number of carbonyl (C=O) groups is 1. The number of nitrogens with zero attached hydrogens (tertiary/aromatic N) is 9. The van der Waals surface area contributed by atoms with Gasteiger partial charge in [0.05, 0.1) is 5.69 Å². The molecule has 1 amide bonds. The molecule has 0 saturated heterocycles. The molecule has 7 heterocycles. The number of amidine groups is 1. The Morgan fingerprint density at radius 1 is 0.730 bits per heavy atom. The summed E-state index contributed by atoms with van der Waals surface area (Å²) in [6, 6.07) is 1.50. The highest BCUT2D eigenvalue weighted by Crippen LogP contribution is 2.31. The predicted octanol–water partition coefficient (Wildman–Crippen LogP) is 9.76. The number of oxime groups is 1. The van der Waals surface area contributed by atoms with E-state index in [2.05, 4.69) is 128 Å². The van der Waals surface area contributed by atoms with Crippen LogP contribution in [0, 0.1) is 36.0 Å². The predicted molar refractivity (Wildman–Crippen MR) is 299 cm³/mol. The van der Waals surface area contributed by atoms with E-state index in [1.807, 2.05) is 94.3 Å². The molecule has 410 valence electrons. The van der Waals surface area contributed by atoms with Crippen molar-refractivity contribution in [1.29, 1.82) is 5.41 Å². The number of rotatable bonds is 0. The van der Waals surface area contributed by atoms with Crippen molar-refractivity contribution < 1.29 is 9.63 Å². The van der Waals surface area contributed by atoms with Crippen molar-refractivity contribution in [3.8, 4) is 0 Å². The zero-order valence-electron chi connectivity index (χ0n) is 48.7. The normalized spacial score (nSPS) is 16.7. The van der Waals surface area contributed by atoms with Crippen molar-refractivity contribution in [1.82, 2.24) is 54.3 Å². The van der Waals surface area contributed by atoms with E-state index in [-0.39, 0.29) is 61.3 Å². The molecule has 18 nitrogen and oxygen atoms in total. The summed E-state index contributed by atoms with van der Waals surface area (Å²) >= 11 is 1.47. The van der Waals surface area contributed by atoms with Gasteiger partial charge in [0.15, 0.2) is 11.7 Å². The number of hydrogen-bond acceptors (Lipinski definition) is 15. The first kappa shape index (κ1) is 62.4. The number of amides is 1. The van der Waals surface area contributed by atoms with Gasteiger partial charge < -0.3 is 30.8 Å². The van der Waals surface area contributed by atoms with Crippen molar-refractivity contribution in [3.63, 3.8) is 0 Å². The number of carbonyl (C=O) groups excluding carboxylic acids is 1. The summed E-state index contributed by atoms with van der Waals surface area (Å²) in [5, 5.41) is 19.2. The first-order chi connectivity index (χ1) is 33.7. The molecule has 74 heavy (non-hydrogen) atoms. The molecule has 0 aromatic carbocycles. The number of fused-ring (bicyclic) bond motifs is 2. The number of aromatic nitrogens is 9. The maximum Gasteiger partial charge on any atom is 0.254 e. The van der Waals surface area contributed by atoms with E-state index in [9.17, 15) is 14.4 Å². The summed E-state index contributed by atoms with van der Waals surface area (Å²) in [5.74, 6) is 5.64. The molecule has 1 atom stereocenters. The number of hydrogen-bond donors (Lipinski definition) is 5. The van der Waals surface area contributed by atoms with E-state index in [1.54, 1.807) is 0 Å². The first-order valence-electron chi connectivity index (χ1n) is 25.7. The van der Waals surface area contributed by atoms with Crippen LogP contribution < -0.4 is 22.2 Å². The third-order valence-corrected chi connectivity index (χ3v) is 12.5. The molecule has 1 aliphatic carbocycles. The molecule has 0 saturated carbocycles. The van der Waals surface area contributed by atoms with Crippen molar-refractivity contribution in [3.05, 3.63) is 102 Å². The zero-order chi connectivity index (χ0) is 56.5. The van der Waals surface area contributed by atoms with E-state index in [0.717, 1.165) is 89.5 Å². The van der Waals surface area contributed by atoms with Crippen LogP contribution in [0.3, 0.4) is 0 Å². The summed E-state index contributed by atoms with van der Waals surface area (Å²) in [4.78, 5) is 64.2. The monoisotopic (exact) mass is 1040 g/mol. The lowest BCUT2D eigenvalue weighted by atomic mass is 9.80. The lowest BCUT2D eigenvalue weighted by Crippen LogP contribution is -2.39. The minimum absolute atomic E-state index is 0.0457. The van der Waals surface area contributed by atoms with Gasteiger partial charge in [-0.2, -0.15) is 9.47 Å². The van der Waals surface area contributed by atoms with Gasteiger partial charge in [-0.3, -0.25) is 19.8 Å². The highest BCUT2D eigenvalue weighted by atomic mass is 32.1. The number of aromatic amines is 2. The van der Waals surface area contributed by atoms with Gasteiger partial charge in [-0.15, -0.1) is 0 Å². The number of H-pyrrole nitrogens is 2. The van der Waals surface area contributed by atoms with Crippen LogP contribution in [0.25, 0.3) is 0 Å². The van der Waals surface area contributed by atoms with Gasteiger partial charge in [-0.1, -0.05) is 136 Å². The average Bonchev–Trinajstić information content (AvgIpc) is 4.00. The summed E-state index contributed by atoms with van der Waals surface area (Å²) in [7, 11) is 1.87. The van der Waals surface area contributed by atoms with Crippen LogP contribution in [-0.2, 0) is 57.1 Å². The Bertz CT molecular complexity index is 2730. The van der Waals surface area contributed by atoms with E-state index >= 15 is 0 Å². The third kappa shape index (κ3) is 18.8. The summed E-state index contributed by atoms with van der Waals surface area (Å²) in [6.07, 6.45) is 9.58. The van der Waals surface area contributed by atoms with E-state index in [1.165, 1.54) is 36.3 Å². The molecule has 0 bridgehead atoms. The standard InChI is InChI=1S/C12H18N2O.C10H17N3.C10H16N2O.C9H14N2O.C7H13N3O.C7H12N2S/c1-12(2,3)11-13-9-7-5-4-6-8(9)10(15)14-11;1-10(2,3)9-11-8-6-4-5-7-13(8)12-9;1-7-11-9(13)8(6-12(7)5)10(2,3)4;1-6-5-7(12)11-8(10-6)9(2,3)4;1-7(2,3)4-5(8)10-11-6(4)9;1-5-8-6(9-10-5)7(2,3)4/h4-7H2,1-3H3,(H,13,14,15);4-7H2,1-3H3;6H,1H2,2-5H3,(H,11,13);5H,1-4H3,(H,10,11,12);4,9H,1-3H3,(H2,8,10);1-4H3. The molecule has 19 heteroatoms. The molecule has 4 aromatic heterocycles. The second kappa shape index (κ2) is 24.7. The minimum atomic E-state index is -0.164. The van der Waals surface area contributed by atoms with Crippen LogP contribution in [0.5, 0.6) is 0 Å². The summed E-state index contributed by atoms with van der Waals surface area (Å²) in [6.45, 7) is 45.7. The molecular weight excluding hydrogens is 953 g/mol. The van der Waals surface area contributed by atoms with Crippen LogP contribution >= 0.6 is 11.5 Å². The first-order valence-corrected chi connectivity index (χ1v) is 26.5. The van der Waals surface area contributed by atoms with E-state index in [4.69, 9.17) is 11.1 Å². The van der Waals surface area contributed by atoms with Gasteiger partial charge in [0, 0.05) is 70.8 Å². The van der Waals surface area contributed by atoms with Crippen molar-refractivity contribution in [2.24, 2.45) is 27.6 Å². The van der Waals surface area contributed by atoms with Crippen molar-refractivity contribution in [2.75, 3.05) is 7.05 Å². The Hall–Kier alpha value is -5.85. The Morgan fingerprint density at radius 3 is 1.74 bits per heavy atom. The van der Waals surface area contributed by atoms with Crippen molar-refractivity contribution >= 4 is 29.2 Å². The molecule has 6 N–H and O–H groups in total. The average molecular weight is 1040 g/mol. The second-order valence-electron chi connectivity index (χ2n) is 25.5. The number of nitrogens with one attached hydrogen (secondary N) is 4.